The van der Waals surface area contributed by atoms with Gasteiger partial charge in [-0.2, -0.15) is 0 Å². The second-order valence-electron chi connectivity index (χ2n) is 6.91. The molecule has 0 bridgehead atoms. The van der Waals surface area contributed by atoms with Crippen LogP contribution in [-0.2, 0) is 6.54 Å². The summed E-state index contributed by atoms with van der Waals surface area (Å²) in [5.74, 6) is 1.70. The molecule has 1 aliphatic rings. The molecular formula is C20H24N4O. The number of methoxy groups -OCH3 is 1. The van der Waals surface area contributed by atoms with E-state index in [1.807, 2.05) is 24.7 Å². The quantitative estimate of drug-likeness (QED) is 0.728. The number of piperidine rings is 1. The minimum Gasteiger partial charge on any atom is -0.496 e. The van der Waals surface area contributed by atoms with Gasteiger partial charge in [0, 0.05) is 30.5 Å². The first-order valence-corrected chi connectivity index (χ1v) is 8.89. The molecule has 3 heterocycles. The first kappa shape index (κ1) is 16.1. The van der Waals surface area contributed by atoms with Gasteiger partial charge >= 0.3 is 0 Å². The van der Waals surface area contributed by atoms with E-state index in [1.165, 1.54) is 17.7 Å². The maximum atomic E-state index is 5.64. The van der Waals surface area contributed by atoms with Crippen molar-refractivity contribution in [2.24, 2.45) is 5.92 Å². The number of nitrogens with zero attached hydrogens (tertiary/aromatic N) is 4. The third-order valence-electron chi connectivity index (χ3n) is 5.23. The van der Waals surface area contributed by atoms with E-state index in [-0.39, 0.29) is 0 Å². The van der Waals surface area contributed by atoms with Gasteiger partial charge in [0.25, 0.3) is 0 Å². The van der Waals surface area contributed by atoms with Gasteiger partial charge in [-0.15, -0.1) is 0 Å². The van der Waals surface area contributed by atoms with Gasteiger partial charge in [-0.25, -0.2) is 4.98 Å². The Hall–Kier alpha value is -2.40. The van der Waals surface area contributed by atoms with Gasteiger partial charge in [-0.1, -0.05) is 25.1 Å². The summed E-state index contributed by atoms with van der Waals surface area (Å²) in [5, 5.41) is 0. The average molecular weight is 336 g/mol. The van der Waals surface area contributed by atoms with Gasteiger partial charge in [0.1, 0.15) is 5.75 Å². The minimum atomic E-state index is 0.368. The molecule has 25 heavy (non-hydrogen) atoms. The molecule has 1 fully saturated rings. The topological polar surface area (TPSA) is 42.7 Å². The zero-order valence-corrected chi connectivity index (χ0v) is 14.8. The molecule has 0 N–H and O–H groups in total. The van der Waals surface area contributed by atoms with E-state index >= 15 is 0 Å². The normalized spacial score (nSPS) is 21.5. The Morgan fingerprint density at radius 3 is 3.00 bits per heavy atom. The molecule has 2 atom stereocenters. The van der Waals surface area contributed by atoms with Gasteiger partial charge in [0.2, 0.25) is 0 Å². The molecular weight excluding hydrogens is 312 g/mol. The van der Waals surface area contributed by atoms with Crippen molar-refractivity contribution in [1.82, 2.24) is 19.3 Å². The molecule has 130 valence electrons. The fourth-order valence-corrected chi connectivity index (χ4v) is 3.86. The third kappa shape index (κ3) is 3.12. The van der Waals surface area contributed by atoms with Crippen LogP contribution in [0.15, 0.2) is 49.1 Å². The molecule has 0 aliphatic carbocycles. The Labute approximate surface area is 148 Å². The fourth-order valence-electron chi connectivity index (χ4n) is 3.86. The van der Waals surface area contributed by atoms with Crippen LogP contribution in [0.2, 0.25) is 0 Å². The van der Waals surface area contributed by atoms with Crippen molar-refractivity contribution in [2.45, 2.75) is 32.4 Å². The van der Waals surface area contributed by atoms with Crippen LogP contribution >= 0.6 is 0 Å². The summed E-state index contributed by atoms with van der Waals surface area (Å²) in [7, 11) is 1.76. The van der Waals surface area contributed by atoms with E-state index in [0.29, 0.717) is 6.04 Å². The van der Waals surface area contributed by atoms with Crippen LogP contribution < -0.4 is 4.74 Å². The van der Waals surface area contributed by atoms with Crippen LogP contribution in [0.25, 0.3) is 5.65 Å². The van der Waals surface area contributed by atoms with Crippen molar-refractivity contribution in [2.75, 3.05) is 13.7 Å². The third-order valence-corrected chi connectivity index (χ3v) is 5.23. The van der Waals surface area contributed by atoms with Crippen molar-refractivity contribution >= 4 is 5.65 Å². The molecule has 2 aromatic heterocycles. The predicted molar refractivity (Wildman–Crippen MR) is 97.5 cm³/mol. The number of fused-ring (bicyclic) bond motifs is 1. The van der Waals surface area contributed by atoms with Crippen molar-refractivity contribution in [3.63, 3.8) is 0 Å². The summed E-state index contributed by atoms with van der Waals surface area (Å²) in [6.45, 7) is 4.31. The molecule has 1 aliphatic heterocycles. The molecule has 0 amide bonds. The number of likely N-dealkylation sites (tertiary alicyclic amines) is 1. The van der Waals surface area contributed by atoms with E-state index in [0.717, 1.165) is 36.8 Å². The molecule has 5 heteroatoms. The maximum Gasteiger partial charge on any atom is 0.155 e. The van der Waals surface area contributed by atoms with E-state index in [1.54, 1.807) is 13.3 Å². The summed E-state index contributed by atoms with van der Waals surface area (Å²) in [6.07, 6.45) is 9.95. The van der Waals surface area contributed by atoms with E-state index in [4.69, 9.17) is 4.74 Å². The Morgan fingerprint density at radius 1 is 1.24 bits per heavy atom. The van der Waals surface area contributed by atoms with Crippen LogP contribution in [0.4, 0.5) is 0 Å². The highest BCUT2D eigenvalue weighted by atomic mass is 16.5. The molecule has 0 unspecified atom stereocenters. The summed E-state index contributed by atoms with van der Waals surface area (Å²) < 4.78 is 7.76. The molecule has 5 nitrogen and oxygen atoms in total. The van der Waals surface area contributed by atoms with Crippen molar-refractivity contribution in [3.8, 4) is 5.75 Å². The summed E-state index contributed by atoms with van der Waals surface area (Å²) >= 11 is 0. The molecule has 3 aromatic rings. The van der Waals surface area contributed by atoms with E-state index < -0.39 is 0 Å². The monoisotopic (exact) mass is 336 g/mol. The van der Waals surface area contributed by atoms with Gasteiger partial charge in [0.05, 0.1) is 25.2 Å². The second-order valence-corrected chi connectivity index (χ2v) is 6.91. The van der Waals surface area contributed by atoms with Crippen LogP contribution in [0.3, 0.4) is 0 Å². The summed E-state index contributed by atoms with van der Waals surface area (Å²) in [5.41, 5.74) is 3.38. The van der Waals surface area contributed by atoms with Gasteiger partial charge in [-0.3, -0.25) is 14.3 Å². The molecule has 0 saturated carbocycles. The predicted octanol–water partition coefficient (Wildman–Crippen LogP) is 3.71. The van der Waals surface area contributed by atoms with Crippen molar-refractivity contribution in [3.05, 3.63) is 60.3 Å². The van der Waals surface area contributed by atoms with Crippen LogP contribution in [0, 0.1) is 5.92 Å². The Bertz CT molecular complexity index is 860. The lowest BCUT2D eigenvalue weighted by molar-refractivity contribution is 0.107. The summed E-state index contributed by atoms with van der Waals surface area (Å²) in [4.78, 5) is 11.2. The summed E-state index contributed by atoms with van der Waals surface area (Å²) in [6, 6.07) is 8.78. The van der Waals surface area contributed by atoms with Crippen LogP contribution in [0.5, 0.6) is 5.75 Å². The van der Waals surface area contributed by atoms with Gasteiger partial charge in [-0.05, 0) is 31.4 Å². The van der Waals surface area contributed by atoms with Crippen LogP contribution in [-0.4, -0.2) is 32.9 Å². The van der Waals surface area contributed by atoms with Gasteiger partial charge < -0.3 is 4.74 Å². The molecule has 0 spiro atoms. The lowest BCUT2D eigenvalue weighted by atomic mass is 9.88. The standard InChI is InChI=1S/C20H24N4O/c1-15-7-9-23(14-16-12-22-20-13-21-8-10-24(16)20)18(11-15)17-5-3-4-6-19(17)25-2/h3-6,8,10,12-13,15,18H,7,9,11,14H2,1-2H3/t15-,18+/m0/s1. The zero-order chi connectivity index (χ0) is 17.2. The first-order valence-electron chi connectivity index (χ1n) is 8.89. The molecule has 1 aromatic carbocycles. The number of hydrogen-bond donors (Lipinski definition) is 0. The Morgan fingerprint density at radius 2 is 2.12 bits per heavy atom. The molecule has 0 radical (unpaired) electrons. The highest BCUT2D eigenvalue weighted by Gasteiger charge is 2.30. The van der Waals surface area contributed by atoms with Gasteiger partial charge in [0.15, 0.2) is 5.65 Å². The Kier molecular flexibility index (Phi) is 4.40. The highest BCUT2D eigenvalue weighted by molar-refractivity contribution is 5.38. The number of imidazole rings is 1. The van der Waals surface area contributed by atoms with Crippen LogP contribution in [0.1, 0.15) is 37.1 Å². The largest absolute Gasteiger partial charge is 0.496 e. The second kappa shape index (κ2) is 6.84. The lowest BCUT2D eigenvalue weighted by Gasteiger charge is -2.39. The van der Waals surface area contributed by atoms with Crippen molar-refractivity contribution in [1.29, 1.82) is 0 Å². The molecule has 1 saturated heterocycles. The number of para-hydroxylation sites is 1. The van der Waals surface area contributed by atoms with Crippen molar-refractivity contribution < 1.29 is 4.74 Å². The number of ether oxygens (including phenoxy) is 1. The Balaban J connectivity index is 1.66. The maximum absolute atomic E-state index is 5.64. The number of aromatic nitrogens is 3. The average Bonchev–Trinajstić information content (AvgIpc) is 3.06. The minimum absolute atomic E-state index is 0.368. The van der Waals surface area contributed by atoms with E-state index in [9.17, 15) is 0 Å². The molecule has 4 rings (SSSR count). The highest BCUT2D eigenvalue weighted by Crippen LogP contribution is 2.38. The first-order chi connectivity index (χ1) is 12.3. The number of hydrogen-bond acceptors (Lipinski definition) is 4. The lowest BCUT2D eigenvalue weighted by Crippen LogP contribution is -2.36. The smallest absolute Gasteiger partial charge is 0.155 e. The zero-order valence-electron chi connectivity index (χ0n) is 14.8. The fraction of sp³-hybridized carbons (Fsp3) is 0.400. The SMILES string of the molecule is COc1ccccc1[C@H]1C[C@@H](C)CCN1Cc1cnc2cnccn12. The van der Waals surface area contributed by atoms with E-state index in [2.05, 4.69) is 44.4 Å². The number of benzene rings is 1. The number of rotatable bonds is 4.